The SMILES string of the molecule is NC1CCC(NC(=O)c2ccc3c(c2)C(=O)N(CCc2ccccc2)C3=O)CC1. The summed E-state index contributed by atoms with van der Waals surface area (Å²) < 4.78 is 0. The van der Waals surface area contributed by atoms with Gasteiger partial charge in [0.05, 0.1) is 11.1 Å². The summed E-state index contributed by atoms with van der Waals surface area (Å²) >= 11 is 0. The molecular weight excluding hydrogens is 366 g/mol. The van der Waals surface area contributed by atoms with Crippen molar-refractivity contribution in [3.05, 3.63) is 70.8 Å². The summed E-state index contributed by atoms with van der Waals surface area (Å²) in [6.45, 7) is 0.320. The topological polar surface area (TPSA) is 92.5 Å². The number of hydrogen-bond acceptors (Lipinski definition) is 4. The van der Waals surface area contributed by atoms with E-state index in [2.05, 4.69) is 5.32 Å². The van der Waals surface area contributed by atoms with Gasteiger partial charge in [-0.15, -0.1) is 0 Å². The van der Waals surface area contributed by atoms with Crippen LogP contribution in [0.25, 0.3) is 0 Å². The monoisotopic (exact) mass is 391 g/mol. The molecule has 1 heterocycles. The molecule has 150 valence electrons. The van der Waals surface area contributed by atoms with Crippen molar-refractivity contribution in [2.24, 2.45) is 5.73 Å². The summed E-state index contributed by atoms with van der Waals surface area (Å²) in [4.78, 5) is 39.3. The summed E-state index contributed by atoms with van der Waals surface area (Å²) in [5.41, 5.74) is 8.06. The van der Waals surface area contributed by atoms with Crippen LogP contribution in [-0.4, -0.2) is 41.2 Å². The Bertz CT molecular complexity index is 934. The molecule has 0 aromatic heterocycles. The van der Waals surface area contributed by atoms with Gasteiger partial charge in [-0.1, -0.05) is 30.3 Å². The second-order valence-electron chi connectivity index (χ2n) is 7.84. The number of carbonyl (C=O) groups excluding carboxylic acids is 3. The molecule has 0 spiro atoms. The highest BCUT2D eigenvalue weighted by Crippen LogP contribution is 2.25. The molecule has 1 aliphatic heterocycles. The fourth-order valence-corrected chi connectivity index (χ4v) is 4.05. The molecule has 29 heavy (non-hydrogen) atoms. The largest absolute Gasteiger partial charge is 0.349 e. The fourth-order valence-electron chi connectivity index (χ4n) is 4.05. The first-order chi connectivity index (χ1) is 14.0. The highest BCUT2D eigenvalue weighted by Gasteiger charge is 2.35. The molecule has 0 bridgehead atoms. The molecule has 0 radical (unpaired) electrons. The summed E-state index contributed by atoms with van der Waals surface area (Å²) in [6.07, 6.45) is 4.13. The van der Waals surface area contributed by atoms with Crippen LogP contribution in [0.1, 0.15) is 62.3 Å². The van der Waals surface area contributed by atoms with Crippen LogP contribution >= 0.6 is 0 Å². The standard InChI is InChI=1S/C23H25N3O3/c24-17-7-9-18(10-8-17)25-21(27)16-6-11-19-20(14-16)23(29)26(22(19)28)13-12-15-4-2-1-3-5-15/h1-6,11,14,17-18H,7-10,12-13,24H2,(H,25,27). The molecule has 1 aliphatic carbocycles. The number of benzene rings is 2. The molecule has 3 amide bonds. The van der Waals surface area contributed by atoms with Crippen LogP contribution in [0.4, 0.5) is 0 Å². The number of carbonyl (C=O) groups is 3. The normalized spacial score (nSPS) is 21.2. The van der Waals surface area contributed by atoms with E-state index < -0.39 is 0 Å². The van der Waals surface area contributed by atoms with Gasteiger partial charge in [-0.3, -0.25) is 19.3 Å². The predicted octanol–water partition coefficient (Wildman–Crippen LogP) is 2.53. The van der Waals surface area contributed by atoms with Crippen molar-refractivity contribution in [2.45, 2.75) is 44.2 Å². The quantitative estimate of drug-likeness (QED) is 0.766. The minimum absolute atomic E-state index is 0.107. The first-order valence-corrected chi connectivity index (χ1v) is 10.1. The van der Waals surface area contributed by atoms with Crippen LogP contribution in [0, 0.1) is 0 Å². The Hall–Kier alpha value is -2.99. The van der Waals surface area contributed by atoms with E-state index in [0.717, 1.165) is 31.2 Å². The van der Waals surface area contributed by atoms with Crippen LogP contribution < -0.4 is 11.1 Å². The summed E-state index contributed by atoms with van der Waals surface area (Å²) in [6, 6.07) is 14.8. The molecule has 1 saturated carbocycles. The van der Waals surface area contributed by atoms with Crippen molar-refractivity contribution >= 4 is 17.7 Å². The fraction of sp³-hybridized carbons (Fsp3) is 0.348. The highest BCUT2D eigenvalue weighted by molar-refractivity contribution is 6.22. The summed E-state index contributed by atoms with van der Waals surface area (Å²) in [5, 5.41) is 3.03. The highest BCUT2D eigenvalue weighted by atomic mass is 16.2. The van der Waals surface area contributed by atoms with Gasteiger partial charge >= 0.3 is 0 Å². The van der Waals surface area contributed by atoms with Crippen LogP contribution in [0.3, 0.4) is 0 Å². The van der Waals surface area contributed by atoms with Crippen LogP contribution in [0.5, 0.6) is 0 Å². The van der Waals surface area contributed by atoms with Gasteiger partial charge in [0, 0.05) is 24.2 Å². The van der Waals surface area contributed by atoms with Crippen LogP contribution in [0.2, 0.25) is 0 Å². The molecule has 6 heteroatoms. The van der Waals surface area contributed by atoms with E-state index in [9.17, 15) is 14.4 Å². The number of imide groups is 1. The van der Waals surface area contributed by atoms with Crippen molar-refractivity contribution in [2.75, 3.05) is 6.54 Å². The van der Waals surface area contributed by atoms with Crippen LogP contribution in [0.15, 0.2) is 48.5 Å². The lowest BCUT2D eigenvalue weighted by Crippen LogP contribution is -2.40. The third-order valence-electron chi connectivity index (χ3n) is 5.81. The molecule has 0 saturated heterocycles. The number of nitrogens with zero attached hydrogens (tertiary/aromatic N) is 1. The van der Waals surface area contributed by atoms with Crippen LogP contribution in [-0.2, 0) is 6.42 Å². The zero-order valence-corrected chi connectivity index (χ0v) is 16.3. The number of amides is 3. The van der Waals surface area contributed by atoms with E-state index in [1.165, 1.54) is 4.90 Å². The molecule has 0 unspecified atom stereocenters. The Morgan fingerprint density at radius 3 is 2.38 bits per heavy atom. The zero-order chi connectivity index (χ0) is 20.4. The molecule has 1 fully saturated rings. The third kappa shape index (κ3) is 4.07. The molecule has 2 aromatic rings. The smallest absolute Gasteiger partial charge is 0.261 e. The Morgan fingerprint density at radius 2 is 1.66 bits per heavy atom. The maximum atomic E-state index is 12.8. The maximum absolute atomic E-state index is 12.8. The first kappa shape index (κ1) is 19.3. The van der Waals surface area contributed by atoms with Gasteiger partial charge in [0.15, 0.2) is 0 Å². The molecule has 6 nitrogen and oxygen atoms in total. The number of nitrogens with two attached hydrogens (primary N) is 1. The molecule has 4 rings (SSSR count). The number of rotatable bonds is 5. The average molecular weight is 391 g/mol. The maximum Gasteiger partial charge on any atom is 0.261 e. The lowest BCUT2D eigenvalue weighted by Gasteiger charge is -2.26. The second-order valence-corrected chi connectivity index (χ2v) is 7.84. The van der Waals surface area contributed by atoms with E-state index in [1.807, 2.05) is 30.3 Å². The summed E-state index contributed by atoms with van der Waals surface area (Å²) in [7, 11) is 0. The molecular formula is C23H25N3O3. The van der Waals surface area contributed by atoms with Gasteiger partial charge in [0.25, 0.3) is 17.7 Å². The van der Waals surface area contributed by atoms with E-state index in [0.29, 0.717) is 29.7 Å². The first-order valence-electron chi connectivity index (χ1n) is 10.1. The van der Waals surface area contributed by atoms with Gasteiger partial charge in [-0.2, -0.15) is 0 Å². The number of fused-ring (bicyclic) bond motifs is 1. The molecule has 2 aliphatic rings. The third-order valence-corrected chi connectivity index (χ3v) is 5.81. The van der Waals surface area contributed by atoms with Gasteiger partial charge < -0.3 is 11.1 Å². The van der Waals surface area contributed by atoms with Crippen molar-refractivity contribution in [1.82, 2.24) is 10.2 Å². The zero-order valence-electron chi connectivity index (χ0n) is 16.3. The van der Waals surface area contributed by atoms with Gasteiger partial charge in [0.2, 0.25) is 0 Å². The van der Waals surface area contributed by atoms with E-state index in [-0.39, 0.29) is 29.8 Å². The lowest BCUT2D eigenvalue weighted by atomic mass is 9.91. The Labute approximate surface area is 170 Å². The minimum Gasteiger partial charge on any atom is -0.349 e. The van der Waals surface area contributed by atoms with Gasteiger partial charge in [0.1, 0.15) is 0 Å². The summed E-state index contributed by atoms with van der Waals surface area (Å²) in [5.74, 6) is -0.843. The van der Waals surface area contributed by atoms with E-state index >= 15 is 0 Å². The number of nitrogens with one attached hydrogen (secondary N) is 1. The lowest BCUT2D eigenvalue weighted by molar-refractivity contribution is 0.0656. The van der Waals surface area contributed by atoms with E-state index in [4.69, 9.17) is 5.73 Å². The Balaban J connectivity index is 1.44. The molecule has 2 aromatic carbocycles. The Kier molecular flexibility index (Phi) is 5.45. The molecule has 0 atom stereocenters. The second kappa shape index (κ2) is 8.17. The van der Waals surface area contributed by atoms with Crippen molar-refractivity contribution in [3.8, 4) is 0 Å². The van der Waals surface area contributed by atoms with Crippen molar-refractivity contribution < 1.29 is 14.4 Å². The Morgan fingerprint density at radius 1 is 0.966 bits per heavy atom. The average Bonchev–Trinajstić information content (AvgIpc) is 2.98. The minimum atomic E-state index is -0.334. The van der Waals surface area contributed by atoms with Crippen molar-refractivity contribution in [3.63, 3.8) is 0 Å². The molecule has 3 N–H and O–H groups in total. The van der Waals surface area contributed by atoms with Gasteiger partial charge in [-0.05, 0) is 55.9 Å². The predicted molar refractivity (Wildman–Crippen MR) is 110 cm³/mol. The number of hydrogen-bond donors (Lipinski definition) is 2. The van der Waals surface area contributed by atoms with Gasteiger partial charge in [-0.25, -0.2) is 0 Å². The van der Waals surface area contributed by atoms with Crippen molar-refractivity contribution in [1.29, 1.82) is 0 Å². The van der Waals surface area contributed by atoms with E-state index in [1.54, 1.807) is 18.2 Å².